The second-order valence-corrected chi connectivity index (χ2v) is 6.21. The van der Waals surface area contributed by atoms with Crippen LogP contribution in [0.1, 0.15) is 60.8 Å². The number of hydrogen-bond donors (Lipinski definition) is 1. The smallest absolute Gasteiger partial charge is 0.00358 e. The van der Waals surface area contributed by atoms with Crippen molar-refractivity contribution >= 4 is 0 Å². The molecular formula is C15H33N. The van der Waals surface area contributed by atoms with E-state index in [9.17, 15) is 0 Å². The first-order valence-electron chi connectivity index (χ1n) is 7.05. The lowest BCUT2D eigenvalue weighted by molar-refractivity contribution is 0.229. The summed E-state index contributed by atoms with van der Waals surface area (Å²) < 4.78 is 0. The van der Waals surface area contributed by atoms with Crippen molar-refractivity contribution in [2.24, 2.45) is 23.7 Å². The Hall–Kier alpha value is -0.0400. The monoisotopic (exact) mass is 227 g/mol. The van der Waals surface area contributed by atoms with E-state index >= 15 is 0 Å². The molecule has 4 atom stereocenters. The van der Waals surface area contributed by atoms with Gasteiger partial charge in [-0.05, 0) is 56.9 Å². The van der Waals surface area contributed by atoms with Crippen molar-refractivity contribution in [3.8, 4) is 0 Å². The van der Waals surface area contributed by atoms with E-state index in [1.807, 2.05) is 0 Å². The summed E-state index contributed by atoms with van der Waals surface area (Å²) in [5.74, 6) is 3.40. The van der Waals surface area contributed by atoms with E-state index in [-0.39, 0.29) is 0 Å². The van der Waals surface area contributed by atoms with E-state index in [1.165, 1.54) is 19.3 Å². The van der Waals surface area contributed by atoms with Crippen molar-refractivity contribution in [3.63, 3.8) is 0 Å². The summed E-state index contributed by atoms with van der Waals surface area (Å²) in [6.45, 7) is 14.2. The molecule has 16 heavy (non-hydrogen) atoms. The molecule has 1 heteroatoms. The average molecular weight is 227 g/mol. The average Bonchev–Trinajstić information content (AvgIpc) is 2.23. The van der Waals surface area contributed by atoms with Gasteiger partial charge in [-0.1, -0.05) is 34.6 Å². The van der Waals surface area contributed by atoms with E-state index < -0.39 is 0 Å². The molecule has 4 unspecified atom stereocenters. The lowest BCUT2D eigenvalue weighted by atomic mass is 9.78. The van der Waals surface area contributed by atoms with Crippen LogP contribution in [-0.2, 0) is 0 Å². The highest BCUT2D eigenvalue weighted by molar-refractivity contribution is 4.71. The number of hydrogen-bond acceptors (Lipinski definition) is 1. The summed E-state index contributed by atoms with van der Waals surface area (Å²) in [6.07, 6.45) is 4.02. The van der Waals surface area contributed by atoms with Gasteiger partial charge in [-0.3, -0.25) is 0 Å². The Kier molecular flexibility index (Phi) is 8.09. The van der Waals surface area contributed by atoms with E-state index in [0.29, 0.717) is 6.04 Å². The Balaban J connectivity index is 3.92. The molecule has 98 valence electrons. The lowest BCUT2D eigenvalue weighted by Crippen LogP contribution is -2.24. The maximum atomic E-state index is 3.32. The molecule has 1 N–H and O–H groups in total. The summed E-state index contributed by atoms with van der Waals surface area (Å²) in [4.78, 5) is 0. The first-order chi connectivity index (χ1) is 7.38. The standard InChI is InChI=1S/C15H33N/c1-11(2)10-13(4)15(6)12(3)8-9-14(5)16-7/h11-16H,8-10H2,1-7H3. The molecule has 0 fully saturated rings. The highest BCUT2D eigenvalue weighted by Gasteiger charge is 2.20. The molecule has 0 aromatic heterocycles. The van der Waals surface area contributed by atoms with Crippen LogP contribution in [0.15, 0.2) is 0 Å². The Labute approximate surface area is 103 Å². The van der Waals surface area contributed by atoms with Gasteiger partial charge in [0, 0.05) is 6.04 Å². The first-order valence-corrected chi connectivity index (χ1v) is 7.05. The molecular weight excluding hydrogens is 194 g/mol. The molecule has 0 saturated carbocycles. The molecule has 0 saturated heterocycles. The van der Waals surface area contributed by atoms with Crippen molar-refractivity contribution < 1.29 is 0 Å². The molecule has 0 aromatic rings. The normalized spacial score (nSPS) is 19.5. The van der Waals surface area contributed by atoms with Gasteiger partial charge in [-0.25, -0.2) is 0 Å². The fraction of sp³-hybridized carbons (Fsp3) is 1.00. The van der Waals surface area contributed by atoms with Crippen LogP contribution in [-0.4, -0.2) is 13.1 Å². The first kappa shape index (κ1) is 16.0. The molecule has 0 aliphatic carbocycles. The summed E-state index contributed by atoms with van der Waals surface area (Å²) in [7, 11) is 2.06. The fourth-order valence-corrected chi connectivity index (χ4v) is 2.44. The number of rotatable bonds is 8. The minimum Gasteiger partial charge on any atom is -0.317 e. The summed E-state index contributed by atoms with van der Waals surface area (Å²) in [5, 5.41) is 3.32. The number of nitrogens with one attached hydrogen (secondary N) is 1. The van der Waals surface area contributed by atoms with Crippen molar-refractivity contribution in [2.45, 2.75) is 66.8 Å². The maximum Gasteiger partial charge on any atom is 0.00358 e. The Bertz CT molecular complexity index is 165. The van der Waals surface area contributed by atoms with Crippen molar-refractivity contribution in [2.75, 3.05) is 7.05 Å². The molecule has 0 rings (SSSR count). The zero-order chi connectivity index (χ0) is 12.7. The van der Waals surface area contributed by atoms with E-state index in [2.05, 4.69) is 53.9 Å². The van der Waals surface area contributed by atoms with Crippen LogP contribution < -0.4 is 5.32 Å². The van der Waals surface area contributed by atoms with Crippen molar-refractivity contribution in [1.82, 2.24) is 5.32 Å². The van der Waals surface area contributed by atoms with Gasteiger partial charge in [0.2, 0.25) is 0 Å². The van der Waals surface area contributed by atoms with Crippen LogP contribution in [0.5, 0.6) is 0 Å². The van der Waals surface area contributed by atoms with Crippen LogP contribution in [0.3, 0.4) is 0 Å². The van der Waals surface area contributed by atoms with Crippen LogP contribution in [0.4, 0.5) is 0 Å². The molecule has 0 heterocycles. The van der Waals surface area contributed by atoms with Gasteiger partial charge in [0.05, 0.1) is 0 Å². The van der Waals surface area contributed by atoms with Gasteiger partial charge in [0.15, 0.2) is 0 Å². The maximum absolute atomic E-state index is 3.32. The molecule has 0 aliphatic heterocycles. The predicted molar refractivity (Wildman–Crippen MR) is 74.7 cm³/mol. The quantitative estimate of drug-likeness (QED) is 0.651. The zero-order valence-electron chi connectivity index (χ0n) is 12.5. The molecule has 0 radical (unpaired) electrons. The van der Waals surface area contributed by atoms with E-state index in [1.54, 1.807) is 0 Å². The van der Waals surface area contributed by atoms with Crippen LogP contribution in [0, 0.1) is 23.7 Å². The van der Waals surface area contributed by atoms with Crippen LogP contribution in [0.2, 0.25) is 0 Å². The predicted octanol–water partition coefficient (Wildman–Crippen LogP) is 4.33. The topological polar surface area (TPSA) is 12.0 Å². The molecule has 0 spiro atoms. The van der Waals surface area contributed by atoms with Gasteiger partial charge >= 0.3 is 0 Å². The zero-order valence-corrected chi connectivity index (χ0v) is 12.5. The van der Waals surface area contributed by atoms with Gasteiger partial charge in [-0.2, -0.15) is 0 Å². The molecule has 1 nitrogen and oxygen atoms in total. The highest BCUT2D eigenvalue weighted by atomic mass is 14.8. The Morgan fingerprint density at radius 1 is 0.812 bits per heavy atom. The van der Waals surface area contributed by atoms with Gasteiger partial charge in [0.25, 0.3) is 0 Å². The third kappa shape index (κ3) is 6.52. The second kappa shape index (κ2) is 8.11. The van der Waals surface area contributed by atoms with E-state index in [4.69, 9.17) is 0 Å². The van der Waals surface area contributed by atoms with Gasteiger partial charge in [-0.15, -0.1) is 0 Å². The fourth-order valence-electron chi connectivity index (χ4n) is 2.44. The molecule has 0 amide bonds. The highest BCUT2D eigenvalue weighted by Crippen LogP contribution is 2.28. The SMILES string of the molecule is CNC(C)CCC(C)C(C)C(C)CC(C)C. The third-order valence-corrected chi connectivity index (χ3v) is 4.19. The van der Waals surface area contributed by atoms with Gasteiger partial charge < -0.3 is 5.32 Å². The van der Waals surface area contributed by atoms with Crippen LogP contribution >= 0.6 is 0 Å². The summed E-state index contributed by atoms with van der Waals surface area (Å²) in [5.41, 5.74) is 0. The largest absolute Gasteiger partial charge is 0.317 e. The van der Waals surface area contributed by atoms with Crippen molar-refractivity contribution in [3.05, 3.63) is 0 Å². The minimum absolute atomic E-state index is 0.662. The summed E-state index contributed by atoms with van der Waals surface area (Å²) in [6, 6.07) is 0.662. The molecule has 0 aromatic carbocycles. The van der Waals surface area contributed by atoms with Crippen LogP contribution in [0.25, 0.3) is 0 Å². The van der Waals surface area contributed by atoms with E-state index in [0.717, 1.165) is 23.7 Å². The Morgan fingerprint density at radius 3 is 1.81 bits per heavy atom. The summed E-state index contributed by atoms with van der Waals surface area (Å²) >= 11 is 0. The second-order valence-electron chi connectivity index (χ2n) is 6.21. The third-order valence-electron chi connectivity index (χ3n) is 4.19. The molecule has 0 aliphatic rings. The lowest BCUT2D eigenvalue weighted by Gasteiger charge is -2.28. The Morgan fingerprint density at radius 2 is 1.38 bits per heavy atom. The van der Waals surface area contributed by atoms with Crippen molar-refractivity contribution in [1.29, 1.82) is 0 Å². The molecule has 0 bridgehead atoms. The van der Waals surface area contributed by atoms with Gasteiger partial charge in [0.1, 0.15) is 0 Å². The minimum atomic E-state index is 0.662.